The molecule has 0 fully saturated rings. The van der Waals surface area contributed by atoms with E-state index in [-0.39, 0.29) is 0 Å². The van der Waals surface area contributed by atoms with Crippen molar-refractivity contribution in [1.82, 2.24) is 5.32 Å². The Balaban J connectivity index is 2.69. The molecule has 0 spiro atoms. The highest BCUT2D eigenvalue weighted by molar-refractivity contribution is 6.35. The maximum Gasteiger partial charge on any atom is 0.0453 e. The number of nitrogens with one attached hydrogen (secondary N) is 1. The third-order valence-corrected chi connectivity index (χ3v) is 3.53. The summed E-state index contributed by atoms with van der Waals surface area (Å²) in [6.07, 6.45) is 4.51. The molecule has 0 aromatic heterocycles. The van der Waals surface area contributed by atoms with Crippen LogP contribution in [0, 0.1) is 0 Å². The summed E-state index contributed by atoms with van der Waals surface area (Å²) >= 11 is 12.3. The summed E-state index contributed by atoms with van der Waals surface area (Å²) < 4.78 is 0. The lowest BCUT2D eigenvalue weighted by atomic mass is 10.0. The molecule has 0 radical (unpaired) electrons. The van der Waals surface area contributed by atoms with E-state index in [0.717, 1.165) is 28.5 Å². The summed E-state index contributed by atoms with van der Waals surface area (Å²) in [5.74, 6) is 0. The second kappa shape index (κ2) is 7.16. The minimum atomic E-state index is 0.456. The zero-order valence-electron chi connectivity index (χ0n) is 9.89. The average molecular weight is 260 g/mol. The van der Waals surface area contributed by atoms with Crippen molar-refractivity contribution >= 4 is 23.2 Å². The first-order valence-electron chi connectivity index (χ1n) is 5.79. The molecule has 1 atom stereocenters. The molecule has 1 rings (SSSR count). The van der Waals surface area contributed by atoms with Gasteiger partial charge in [-0.1, -0.05) is 49.0 Å². The first-order valence-corrected chi connectivity index (χ1v) is 6.54. The highest BCUT2D eigenvalue weighted by atomic mass is 35.5. The lowest BCUT2D eigenvalue weighted by molar-refractivity contribution is 0.498. The van der Waals surface area contributed by atoms with Crippen LogP contribution in [0.15, 0.2) is 18.2 Å². The molecule has 16 heavy (non-hydrogen) atoms. The van der Waals surface area contributed by atoms with Crippen LogP contribution in [0.5, 0.6) is 0 Å². The van der Waals surface area contributed by atoms with Crippen LogP contribution in [0.2, 0.25) is 10.0 Å². The first-order chi connectivity index (χ1) is 7.69. The van der Waals surface area contributed by atoms with Gasteiger partial charge in [0.2, 0.25) is 0 Å². The molecule has 90 valence electrons. The molecule has 3 heteroatoms. The summed E-state index contributed by atoms with van der Waals surface area (Å²) in [6, 6.07) is 6.14. The van der Waals surface area contributed by atoms with Gasteiger partial charge in [-0.25, -0.2) is 0 Å². The van der Waals surface area contributed by atoms with Gasteiger partial charge < -0.3 is 5.32 Å². The molecule has 0 heterocycles. The van der Waals surface area contributed by atoms with Crippen LogP contribution in [0.1, 0.15) is 31.7 Å². The SMILES string of the molecule is CCCCC(Cc1c(Cl)cccc1Cl)NC. The van der Waals surface area contributed by atoms with E-state index < -0.39 is 0 Å². The molecule has 0 aliphatic carbocycles. The summed E-state index contributed by atoms with van der Waals surface area (Å²) in [4.78, 5) is 0. The number of hydrogen-bond donors (Lipinski definition) is 1. The van der Waals surface area contributed by atoms with Crippen LogP contribution in [0.25, 0.3) is 0 Å². The van der Waals surface area contributed by atoms with Crippen molar-refractivity contribution in [2.75, 3.05) is 7.05 Å². The number of halogens is 2. The minimum Gasteiger partial charge on any atom is -0.317 e. The van der Waals surface area contributed by atoms with Crippen LogP contribution in [-0.2, 0) is 6.42 Å². The van der Waals surface area contributed by atoms with E-state index in [2.05, 4.69) is 12.2 Å². The number of rotatable bonds is 6. The molecular weight excluding hydrogens is 241 g/mol. The number of hydrogen-bond acceptors (Lipinski definition) is 1. The van der Waals surface area contributed by atoms with E-state index in [0.29, 0.717) is 6.04 Å². The highest BCUT2D eigenvalue weighted by Gasteiger charge is 2.11. The fraction of sp³-hybridized carbons (Fsp3) is 0.538. The van der Waals surface area contributed by atoms with Gasteiger partial charge in [0.1, 0.15) is 0 Å². The molecule has 1 N–H and O–H groups in total. The molecule has 0 saturated heterocycles. The third-order valence-electron chi connectivity index (χ3n) is 2.83. The number of benzene rings is 1. The van der Waals surface area contributed by atoms with Gasteiger partial charge in [-0.15, -0.1) is 0 Å². The topological polar surface area (TPSA) is 12.0 Å². The van der Waals surface area contributed by atoms with Crippen molar-refractivity contribution in [3.8, 4) is 0 Å². The van der Waals surface area contributed by atoms with E-state index in [1.165, 1.54) is 12.8 Å². The normalized spacial score (nSPS) is 12.8. The van der Waals surface area contributed by atoms with Crippen molar-refractivity contribution in [1.29, 1.82) is 0 Å². The largest absolute Gasteiger partial charge is 0.317 e. The average Bonchev–Trinajstić information content (AvgIpc) is 2.28. The van der Waals surface area contributed by atoms with Gasteiger partial charge in [-0.2, -0.15) is 0 Å². The standard InChI is InChI=1S/C13H19Cl2N/c1-3-4-6-10(16-2)9-11-12(14)7-5-8-13(11)15/h5,7-8,10,16H,3-4,6,9H2,1-2H3. The van der Waals surface area contributed by atoms with E-state index >= 15 is 0 Å². The fourth-order valence-corrected chi connectivity index (χ4v) is 2.32. The van der Waals surface area contributed by atoms with Crippen molar-refractivity contribution < 1.29 is 0 Å². The number of likely N-dealkylation sites (N-methyl/N-ethyl adjacent to an activating group) is 1. The molecule has 1 nitrogen and oxygen atoms in total. The van der Waals surface area contributed by atoms with Crippen molar-refractivity contribution in [2.45, 2.75) is 38.6 Å². The third kappa shape index (κ3) is 3.97. The fourth-order valence-electron chi connectivity index (χ4n) is 1.77. The van der Waals surface area contributed by atoms with E-state index in [1.807, 2.05) is 25.2 Å². The van der Waals surface area contributed by atoms with E-state index in [4.69, 9.17) is 23.2 Å². The lowest BCUT2D eigenvalue weighted by Crippen LogP contribution is -2.27. The van der Waals surface area contributed by atoms with Crippen molar-refractivity contribution in [3.63, 3.8) is 0 Å². The highest BCUT2D eigenvalue weighted by Crippen LogP contribution is 2.26. The predicted molar refractivity (Wildman–Crippen MR) is 72.5 cm³/mol. The van der Waals surface area contributed by atoms with Gasteiger partial charge in [0.15, 0.2) is 0 Å². The number of unbranched alkanes of at least 4 members (excludes halogenated alkanes) is 1. The Morgan fingerprint density at radius 1 is 1.25 bits per heavy atom. The summed E-state index contributed by atoms with van der Waals surface area (Å²) in [5.41, 5.74) is 1.06. The van der Waals surface area contributed by atoms with Gasteiger partial charge in [0.05, 0.1) is 0 Å². The molecular formula is C13H19Cl2N. The molecule has 0 bridgehead atoms. The minimum absolute atomic E-state index is 0.456. The van der Waals surface area contributed by atoms with Gasteiger partial charge in [0, 0.05) is 16.1 Å². The van der Waals surface area contributed by atoms with Crippen LogP contribution in [0.4, 0.5) is 0 Å². The zero-order chi connectivity index (χ0) is 12.0. The monoisotopic (exact) mass is 259 g/mol. The maximum absolute atomic E-state index is 6.15. The second-order valence-electron chi connectivity index (χ2n) is 4.03. The summed E-state index contributed by atoms with van der Waals surface area (Å²) in [5, 5.41) is 4.86. The molecule has 0 aliphatic heterocycles. The molecule has 1 aromatic carbocycles. The van der Waals surface area contributed by atoms with Gasteiger partial charge in [-0.3, -0.25) is 0 Å². The molecule has 0 saturated carbocycles. The Morgan fingerprint density at radius 3 is 2.38 bits per heavy atom. The molecule has 1 aromatic rings. The Kier molecular flexibility index (Phi) is 6.18. The summed E-state index contributed by atoms with van der Waals surface area (Å²) in [6.45, 7) is 2.20. The van der Waals surface area contributed by atoms with Gasteiger partial charge in [-0.05, 0) is 37.6 Å². The lowest BCUT2D eigenvalue weighted by Gasteiger charge is -2.17. The Hall–Kier alpha value is -0.240. The quantitative estimate of drug-likeness (QED) is 0.803. The maximum atomic E-state index is 6.15. The summed E-state index contributed by atoms with van der Waals surface area (Å²) in [7, 11) is 1.99. The van der Waals surface area contributed by atoms with Crippen LogP contribution >= 0.6 is 23.2 Å². The zero-order valence-corrected chi connectivity index (χ0v) is 11.4. The van der Waals surface area contributed by atoms with Crippen molar-refractivity contribution in [3.05, 3.63) is 33.8 Å². The van der Waals surface area contributed by atoms with Gasteiger partial charge in [0.25, 0.3) is 0 Å². The van der Waals surface area contributed by atoms with Gasteiger partial charge >= 0.3 is 0 Å². The Bertz CT molecular complexity index is 305. The predicted octanol–water partition coefficient (Wildman–Crippen LogP) is 4.31. The molecule has 0 amide bonds. The van der Waals surface area contributed by atoms with Crippen molar-refractivity contribution in [2.24, 2.45) is 0 Å². The Labute approximate surface area is 108 Å². The van der Waals surface area contributed by atoms with Crippen LogP contribution in [0.3, 0.4) is 0 Å². The Morgan fingerprint density at radius 2 is 1.88 bits per heavy atom. The van der Waals surface area contributed by atoms with E-state index in [9.17, 15) is 0 Å². The smallest absolute Gasteiger partial charge is 0.0453 e. The first kappa shape index (κ1) is 13.8. The molecule has 0 aliphatic rings. The van der Waals surface area contributed by atoms with Crippen LogP contribution in [-0.4, -0.2) is 13.1 Å². The molecule has 1 unspecified atom stereocenters. The van der Waals surface area contributed by atoms with E-state index in [1.54, 1.807) is 0 Å². The van der Waals surface area contributed by atoms with Crippen LogP contribution < -0.4 is 5.32 Å². The second-order valence-corrected chi connectivity index (χ2v) is 4.85.